The monoisotopic (exact) mass is 289 g/mol. The molecule has 6 heteroatoms. The average Bonchev–Trinajstić information content (AvgIpc) is 2.98. The van der Waals surface area contributed by atoms with Crippen molar-refractivity contribution in [2.45, 2.75) is 12.8 Å². The normalized spacial score (nSPS) is 16.3. The van der Waals surface area contributed by atoms with Gasteiger partial charge in [-0.1, -0.05) is 41.7 Å². The molecule has 0 aliphatic carbocycles. The summed E-state index contributed by atoms with van der Waals surface area (Å²) in [7, 11) is 0. The van der Waals surface area contributed by atoms with Gasteiger partial charge < -0.3 is 10.0 Å². The largest absolute Gasteiger partial charge is 0.481 e. The van der Waals surface area contributed by atoms with Gasteiger partial charge in [-0.3, -0.25) is 4.79 Å². The molecule has 0 atom stereocenters. The summed E-state index contributed by atoms with van der Waals surface area (Å²) in [6.45, 7) is 1.47. The van der Waals surface area contributed by atoms with E-state index in [0.717, 1.165) is 28.8 Å². The molecule has 104 valence electrons. The lowest BCUT2D eigenvalue weighted by atomic mass is 9.98. The van der Waals surface area contributed by atoms with Gasteiger partial charge in [-0.25, -0.2) is 0 Å². The van der Waals surface area contributed by atoms with Crippen molar-refractivity contribution in [3.05, 3.63) is 30.3 Å². The Bertz CT molecular complexity index is 591. The summed E-state index contributed by atoms with van der Waals surface area (Å²) in [6, 6.07) is 9.97. The third-order valence-electron chi connectivity index (χ3n) is 3.55. The van der Waals surface area contributed by atoms with E-state index in [4.69, 9.17) is 5.11 Å². The Labute approximate surface area is 120 Å². The van der Waals surface area contributed by atoms with Crippen molar-refractivity contribution in [2.75, 3.05) is 18.0 Å². The van der Waals surface area contributed by atoms with E-state index in [2.05, 4.69) is 15.1 Å². The Morgan fingerprint density at radius 3 is 2.55 bits per heavy atom. The number of aliphatic carboxylic acids is 1. The summed E-state index contributed by atoms with van der Waals surface area (Å²) >= 11 is 1.56. The molecular weight excluding hydrogens is 274 g/mol. The molecule has 0 spiro atoms. The first-order valence-corrected chi connectivity index (χ1v) is 7.42. The third kappa shape index (κ3) is 2.65. The predicted octanol–water partition coefficient (Wildman–Crippen LogP) is 2.51. The molecular formula is C14H15N3O2S. The van der Waals surface area contributed by atoms with Gasteiger partial charge in [-0.2, -0.15) is 0 Å². The molecule has 1 aromatic carbocycles. The Morgan fingerprint density at radius 2 is 1.90 bits per heavy atom. The zero-order valence-corrected chi connectivity index (χ0v) is 11.7. The number of hydrogen-bond acceptors (Lipinski definition) is 5. The van der Waals surface area contributed by atoms with Crippen LogP contribution in [-0.2, 0) is 4.79 Å². The molecule has 1 fully saturated rings. The van der Waals surface area contributed by atoms with Crippen LogP contribution in [0.25, 0.3) is 10.6 Å². The maximum absolute atomic E-state index is 10.9. The van der Waals surface area contributed by atoms with Crippen molar-refractivity contribution in [3.8, 4) is 10.6 Å². The van der Waals surface area contributed by atoms with Gasteiger partial charge in [0.15, 0.2) is 0 Å². The second kappa shape index (κ2) is 5.58. The molecule has 0 radical (unpaired) electrons. The van der Waals surface area contributed by atoms with E-state index < -0.39 is 5.97 Å². The van der Waals surface area contributed by atoms with Crippen LogP contribution in [0.4, 0.5) is 5.13 Å². The number of piperidine rings is 1. The van der Waals surface area contributed by atoms with Crippen LogP contribution in [0.2, 0.25) is 0 Å². The molecule has 0 amide bonds. The molecule has 20 heavy (non-hydrogen) atoms. The van der Waals surface area contributed by atoms with Gasteiger partial charge in [0, 0.05) is 18.7 Å². The fourth-order valence-electron chi connectivity index (χ4n) is 2.36. The van der Waals surface area contributed by atoms with E-state index in [1.54, 1.807) is 11.3 Å². The first-order valence-electron chi connectivity index (χ1n) is 6.61. The number of carboxylic acid groups (broad SMARTS) is 1. The summed E-state index contributed by atoms with van der Waals surface area (Å²) in [4.78, 5) is 13.1. The highest BCUT2D eigenvalue weighted by Gasteiger charge is 2.26. The van der Waals surface area contributed by atoms with Crippen LogP contribution in [0.5, 0.6) is 0 Å². The number of aromatic nitrogens is 2. The van der Waals surface area contributed by atoms with E-state index in [-0.39, 0.29) is 5.92 Å². The quantitative estimate of drug-likeness (QED) is 0.940. The van der Waals surface area contributed by atoms with Crippen LogP contribution in [0, 0.1) is 5.92 Å². The lowest BCUT2D eigenvalue weighted by molar-refractivity contribution is -0.142. The van der Waals surface area contributed by atoms with Gasteiger partial charge in [-0.05, 0) is 12.8 Å². The number of carbonyl (C=O) groups is 1. The van der Waals surface area contributed by atoms with E-state index in [0.29, 0.717) is 12.8 Å². The summed E-state index contributed by atoms with van der Waals surface area (Å²) in [5.74, 6) is -0.903. The Morgan fingerprint density at radius 1 is 1.20 bits per heavy atom. The lowest BCUT2D eigenvalue weighted by Crippen LogP contribution is -2.36. The molecule has 0 unspecified atom stereocenters. The van der Waals surface area contributed by atoms with Crippen molar-refractivity contribution < 1.29 is 9.90 Å². The van der Waals surface area contributed by atoms with Crippen molar-refractivity contribution in [2.24, 2.45) is 5.92 Å². The minimum absolute atomic E-state index is 0.215. The standard InChI is InChI=1S/C14H15N3O2S/c18-13(19)11-6-8-17(9-7-11)14-16-15-12(20-14)10-4-2-1-3-5-10/h1-5,11H,6-9H2,(H,18,19). The minimum atomic E-state index is -0.688. The topological polar surface area (TPSA) is 66.3 Å². The Balaban J connectivity index is 1.71. The maximum atomic E-state index is 10.9. The highest BCUT2D eigenvalue weighted by atomic mass is 32.1. The predicted molar refractivity (Wildman–Crippen MR) is 77.9 cm³/mol. The van der Waals surface area contributed by atoms with Gasteiger partial charge in [0.1, 0.15) is 5.01 Å². The van der Waals surface area contributed by atoms with Gasteiger partial charge in [0.05, 0.1) is 5.92 Å². The number of rotatable bonds is 3. The smallest absolute Gasteiger partial charge is 0.306 e. The average molecular weight is 289 g/mol. The zero-order valence-electron chi connectivity index (χ0n) is 10.9. The number of carboxylic acids is 1. The fraction of sp³-hybridized carbons (Fsp3) is 0.357. The SMILES string of the molecule is O=C(O)C1CCN(c2nnc(-c3ccccc3)s2)CC1. The molecule has 3 rings (SSSR count). The van der Waals surface area contributed by atoms with Crippen LogP contribution in [-0.4, -0.2) is 34.4 Å². The van der Waals surface area contributed by atoms with E-state index in [1.165, 1.54) is 0 Å². The van der Waals surface area contributed by atoms with Crippen LogP contribution < -0.4 is 4.90 Å². The molecule has 2 heterocycles. The summed E-state index contributed by atoms with van der Waals surface area (Å²) < 4.78 is 0. The molecule has 1 aliphatic rings. The van der Waals surface area contributed by atoms with Crippen molar-refractivity contribution in [1.82, 2.24) is 10.2 Å². The van der Waals surface area contributed by atoms with Crippen LogP contribution >= 0.6 is 11.3 Å². The second-order valence-electron chi connectivity index (χ2n) is 4.86. The number of benzene rings is 1. The first kappa shape index (κ1) is 13.1. The molecule has 1 aromatic heterocycles. The number of nitrogens with zero attached hydrogens (tertiary/aromatic N) is 3. The van der Waals surface area contributed by atoms with E-state index >= 15 is 0 Å². The highest BCUT2D eigenvalue weighted by molar-refractivity contribution is 7.18. The molecule has 2 aromatic rings. The van der Waals surface area contributed by atoms with E-state index in [9.17, 15) is 4.79 Å². The van der Waals surface area contributed by atoms with Crippen molar-refractivity contribution in [3.63, 3.8) is 0 Å². The number of hydrogen-bond donors (Lipinski definition) is 1. The van der Waals surface area contributed by atoms with Crippen molar-refractivity contribution >= 4 is 22.4 Å². The molecule has 1 N–H and O–H groups in total. The van der Waals surface area contributed by atoms with E-state index in [1.807, 2.05) is 30.3 Å². The van der Waals surface area contributed by atoms with Gasteiger partial charge in [0.2, 0.25) is 5.13 Å². The Kier molecular flexibility index (Phi) is 3.64. The van der Waals surface area contributed by atoms with Crippen LogP contribution in [0.1, 0.15) is 12.8 Å². The summed E-state index contributed by atoms with van der Waals surface area (Å²) in [5, 5.41) is 19.2. The number of anilines is 1. The molecule has 1 saturated heterocycles. The molecule has 0 bridgehead atoms. The Hall–Kier alpha value is -1.95. The molecule has 0 saturated carbocycles. The maximum Gasteiger partial charge on any atom is 0.306 e. The van der Waals surface area contributed by atoms with Gasteiger partial charge in [-0.15, -0.1) is 10.2 Å². The highest BCUT2D eigenvalue weighted by Crippen LogP contribution is 2.30. The van der Waals surface area contributed by atoms with Gasteiger partial charge in [0.25, 0.3) is 0 Å². The molecule has 1 aliphatic heterocycles. The van der Waals surface area contributed by atoms with Crippen LogP contribution in [0.15, 0.2) is 30.3 Å². The zero-order chi connectivity index (χ0) is 13.9. The third-order valence-corrected chi connectivity index (χ3v) is 4.58. The van der Waals surface area contributed by atoms with Gasteiger partial charge >= 0.3 is 5.97 Å². The summed E-state index contributed by atoms with van der Waals surface area (Å²) in [5.41, 5.74) is 1.07. The molecule has 5 nitrogen and oxygen atoms in total. The second-order valence-corrected chi connectivity index (χ2v) is 5.81. The lowest BCUT2D eigenvalue weighted by Gasteiger charge is -2.29. The summed E-state index contributed by atoms with van der Waals surface area (Å²) in [6.07, 6.45) is 1.35. The van der Waals surface area contributed by atoms with Crippen molar-refractivity contribution in [1.29, 1.82) is 0 Å². The van der Waals surface area contributed by atoms with Crippen LogP contribution in [0.3, 0.4) is 0 Å². The fourth-order valence-corrected chi connectivity index (χ4v) is 3.26. The minimum Gasteiger partial charge on any atom is -0.481 e. The first-order chi connectivity index (χ1) is 9.74.